The fraction of sp³-hybridized carbons (Fsp3) is 0.286. The van der Waals surface area contributed by atoms with Crippen LogP contribution in [0, 0.1) is 6.92 Å². The van der Waals surface area contributed by atoms with Crippen molar-refractivity contribution in [1.82, 2.24) is 0 Å². The third kappa shape index (κ3) is 5.48. The molecule has 0 aliphatic carbocycles. The summed E-state index contributed by atoms with van der Waals surface area (Å²) in [6, 6.07) is 0. The van der Waals surface area contributed by atoms with Crippen LogP contribution in [0.1, 0.15) is 13.3 Å². The quantitative estimate of drug-likeness (QED) is 0.462. The van der Waals surface area contributed by atoms with Gasteiger partial charge in [-0.2, -0.15) is 0 Å². The maximum atomic E-state index is 3.64. The smallest absolute Gasteiger partial charge is 0.0347 e. The lowest BCUT2D eigenvalue weighted by atomic mass is 10.4. The zero-order valence-electron chi connectivity index (χ0n) is 4.72. The molecule has 0 aromatic rings. The average molecular weight is 95.2 g/mol. The van der Waals surface area contributed by atoms with Crippen molar-refractivity contribution in [2.24, 2.45) is 0 Å². The van der Waals surface area contributed by atoms with Gasteiger partial charge in [0.05, 0.1) is 0 Å². The fourth-order valence-electron chi connectivity index (χ4n) is 0.286. The molecule has 0 unspecified atom stereocenters. The van der Waals surface area contributed by atoms with Crippen LogP contribution in [0.5, 0.6) is 0 Å². The van der Waals surface area contributed by atoms with Crippen molar-refractivity contribution in [2.45, 2.75) is 13.3 Å². The summed E-state index contributed by atoms with van der Waals surface area (Å²) in [6.45, 7) is 5.63. The van der Waals surface area contributed by atoms with Crippen LogP contribution in [-0.2, 0) is 0 Å². The second-order valence-electron chi connectivity index (χ2n) is 1.24. The van der Waals surface area contributed by atoms with E-state index < -0.39 is 0 Å². The SMILES string of the molecule is [CH2]C/C=C/C=C/C. The predicted octanol–water partition coefficient (Wildman–Crippen LogP) is 2.34. The van der Waals surface area contributed by atoms with E-state index in [0.717, 1.165) is 6.42 Å². The largest absolute Gasteiger partial charge is 0.0877 e. The van der Waals surface area contributed by atoms with E-state index in [0.29, 0.717) is 0 Å². The van der Waals surface area contributed by atoms with Gasteiger partial charge in [-0.3, -0.25) is 0 Å². The third-order valence-electron chi connectivity index (χ3n) is 0.606. The van der Waals surface area contributed by atoms with Crippen LogP contribution in [0.15, 0.2) is 24.3 Å². The van der Waals surface area contributed by atoms with Crippen LogP contribution in [0.25, 0.3) is 0 Å². The lowest BCUT2D eigenvalue weighted by Crippen LogP contribution is -1.49. The number of hydrogen-bond acceptors (Lipinski definition) is 0. The summed E-state index contributed by atoms with van der Waals surface area (Å²) in [6.07, 6.45) is 8.87. The van der Waals surface area contributed by atoms with Gasteiger partial charge in [0.25, 0.3) is 0 Å². The average Bonchev–Trinajstić information content (AvgIpc) is 1.69. The zero-order valence-corrected chi connectivity index (χ0v) is 4.72. The Hall–Kier alpha value is -0.520. The third-order valence-corrected chi connectivity index (χ3v) is 0.606. The molecule has 0 heteroatoms. The van der Waals surface area contributed by atoms with Crippen molar-refractivity contribution >= 4 is 0 Å². The highest BCUT2D eigenvalue weighted by atomic mass is 13.6. The van der Waals surface area contributed by atoms with Crippen molar-refractivity contribution in [3.63, 3.8) is 0 Å². The van der Waals surface area contributed by atoms with E-state index in [-0.39, 0.29) is 0 Å². The Labute approximate surface area is 45.5 Å². The molecule has 0 rings (SSSR count). The summed E-state index contributed by atoms with van der Waals surface area (Å²) in [5.41, 5.74) is 0. The zero-order chi connectivity index (χ0) is 5.54. The highest BCUT2D eigenvalue weighted by Gasteiger charge is 1.58. The van der Waals surface area contributed by atoms with Gasteiger partial charge in [0.1, 0.15) is 0 Å². The standard InChI is InChI=1S/C7H11/c1-3-5-7-6-4-2/h4-7H,1,3H2,2H3/b6-4+,7-5+. The van der Waals surface area contributed by atoms with Gasteiger partial charge in [0.15, 0.2) is 0 Å². The molecule has 39 valence electrons. The summed E-state index contributed by atoms with van der Waals surface area (Å²) < 4.78 is 0. The van der Waals surface area contributed by atoms with Gasteiger partial charge in [-0.15, -0.1) is 0 Å². The van der Waals surface area contributed by atoms with Gasteiger partial charge >= 0.3 is 0 Å². The molecule has 0 aromatic carbocycles. The molecule has 0 atom stereocenters. The summed E-state index contributed by atoms with van der Waals surface area (Å²) in [5.74, 6) is 0. The van der Waals surface area contributed by atoms with Crippen LogP contribution < -0.4 is 0 Å². The second-order valence-corrected chi connectivity index (χ2v) is 1.24. The van der Waals surface area contributed by atoms with Crippen LogP contribution in [0.2, 0.25) is 0 Å². The van der Waals surface area contributed by atoms with E-state index >= 15 is 0 Å². The maximum Gasteiger partial charge on any atom is -0.0347 e. The molecule has 0 bridgehead atoms. The lowest BCUT2D eigenvalue weighted by Gasteiger charge is -1.70. The van der Waals surface area contributed by atoms with Gasteiger partial charge in [-0.05, 0) is 20.3 Å². The van der Waals surface area contributed by atoms with Crippen molar-refractivity contribution in [2.75, 3.05) is 0 Å². The van der Waals surface area contributed by atoms with E-state index in [1.807, 2.05) is 31.2 Å². The van der Waals surface area contributed by atoms with Crippen molar-refractivity contribution in [3.8, 4) is 0 Å². The van der Waals surface area contributed by atoms with Crippen LogP contribution in [0.3, 0.4) is 0 Å². The van der Waals surface area contributed by atoms with Gasteiger partial charge < -0.3 is 0 Å². The Morgan fingerprint density at radius 1 is 1.43 bits per heavy atom. The van der Waals surface area contributed by atoms with Crippen LogP contribution >= 0.6 is 0 Å². The molecule has 7 heavy (non-hydrogen) atoms. The van der Waals surface area contributed by atoms with E-state index in [9.17, 15) is 0 Å². The van der Waals surface area contributed by atoms with Crippen LogP contribution in [0.4, 0.5) is 0 Å². The van der Waals surface area contributed by atoms with Gasteiger partial charge in [-0.25, -0.2) is 0 Å². The molecule has 0 heterocycles. The Bertz CT molecular complexity index is 68.1. The second kappa shape index (κ2) is 5.48. The monoisotopic (exact) mass is 95.1 g/mol. The molecule has 0 nitrogen and oxygen atoms in total. The Kier molecular flexibility index (Phi) is 5.07. The van der Waals surface area contributed by atoms with E-state index in [2.05, 4.69) is 6.92 Å². The van der Waals surface area contributed by atoms with E-state index in [4.69, 9.17) is 0 Å². The molecule has 0 aromatic heterocycles. The highest BCUT2D eigenvalue weighted by Crippen LogP contribution is 1.78. The predicted molar refractivity (Wildman–Crippen MR) is 33.9 cm³/mol. The van der Waals surface area contributed by atoms with Crippen LogP contribution in [-0.4, -0.2) is 0 Å². The molecule has 0 N–H and O–H groups in total. The lowest BCUT2D eigenvalue weighted by molar-refractivity contribution is 1.40. The Balaban J connectivity index is 3.09. The topological polar surface area (TPSA) is 0 Å². The molecule has 0 aliphatic rings. The van der Waals surface area contributed by atoms with Gasteiger partial charge in [-0.1, -0.05) is 24.3 Å². The number of rotatable bonds is 2. The summed E-state index contributed by atoms with van der Waals surface area (Å²) in [4.78, 5) is 0. The molecule has 0 fully saturated rings. The van der Waals surface area contributed by atoms with Crippen molar-refractivity contribution in [3.05, 3.63) is 31.2 Å². The minimum Gasteiger partial charge on any atom is -0.0877 e. The van der Waals surface area contributed by atoms with Crippen molar-refractivity contribution < 1.29 is 0 Å². The highest BCUT2D eigenvalue weighted by molar-refractivity contribution is 5.00. The minimum atomic E-state index is 0.879. The molecular formula is C7H11. The number of allylic oxidation sites excluding steroid dienone is 4. The molecule has 0 amide bonds. The number of hydrogen-bond donors (Lipinski definition) is 0. The Morgan fingerprint density at radius 3 is 2.57 bits per heavy atom. The van der Waals surface area contributed by atoms with Crippen molar-refractivity contribution in [1.29, 1.82) is 0 Å². The molecule has 0 spiro atoms. The van der Waals surface area contributed by atoms with Gasteiger partial charge in [0.2, 0.25) is 0 Å². The fourth-order valence-corrected chi connectivity index (χ4v) is 0.286. The molecule has 0 aliphatic heterocycles. The van der Waals surface area contributed by atoms with E-state index in [1.54, 1.807) is 0 Å². The first-order chi connectivity index (χ1) is 3.41. The first-order valence-electron chi connectivity index (χ1n) is 2.49. The Morgan fingerprint density at radius 2 is 2.14 bits per heavy atom. The molecule has 1 radical (unpaired) electrons. The summed E-state index contributed by atoms with van der Waals surface area (Å²) in [7, 11) is 0. The van der Waals surface area contributed by atoms with E-state index in [1.165, 1.54) is 0 Å². The first-order valence-corrected chi connectivity index (χ1v) is 2.49. The molecule has 0 saturated heterocycles. The first kappa shape index (κ1) is 6.48. The summed E-state index contributed by atoms with van der Waals surface area (Å²) >= 11 is 0. The minimum absolute atomic E-state index is 0.879. The summed E-state index contributed by atoms with van der Waals surface area (Å²) in [5, 5.41) is 0. The normalized spacial score (nSPS) is 11.7. The molecular weight excluding hydrogens is 84.1 g/mol. The van der Waals surface area contributed by atoms with Gasteiger partial charge in [0, 0.05) is 0 Å². The maximum absolute atomic E-state index is 3.64. The molecule has 0 saturated carbocycles.